The Bertz CT molecular complexity index is 672. The lowest BCUT2D eigenvalue weighted by atomic mass is 10.1. The first-order valence-electron chi connectivity index (χ1n) is 6.08. The van der Waals surface area contributed by atoms with Crippen LogP contribution in [0.3, 0.4) is 0 Å². The zero-order valence-electron chi connectivity index (χ0n) is 10.9. The van der Waals surface area contributed by atoms with E-state index < -0.39 is 0 Å². The van der Waals surface area contributed by atoms with Gasteiger partial charge in [-0.25, -0.2) is 0 Å². The Morgan fingerprint density at radius 2 is 2.35 bits per heavy atom. The molecule has 0 bridgehead atoms. The summed E-state index contributed by atoms with van der Waals surface area (Å²) in [5, 5.41) is 15.7. The fourth-order valence-corrected chi connectivity index (χ4v) is 2.25. The van der Waals surface area contributed by atoms with Gasteiger partial charge < -0.3 is 5.32 Å². The number of benzene rings is 1. The van der Waals surface area contributed by atoms with Crippen molar-refractivity contribution in [2.45, 2.75) is 13.0 Å². The van der Waals surface area contributed by atoms with E-state index >= 15 is 0 Å². The second-order valence-corrected chi connectivity index (χ2v) is 5.07. The number of carbonyl (C=O) groups is 1. The number of halogens is 1. The quantitative estimate of drug-likeness (QED) is 0.935. The monoisotopic (exact) mass is 332 g/mol. The van der Waals surface area contributed by atoms with Gasteiger partial charge in [0.25, 0.3) is 5.91 Å². The van der Waals surface area contributed by atoms with Gasteiger partial charge in [-0.15, -0.1) is 0 Å². The van der Waals surface area contributed by atoms with Gasteiger partial charge in [0.05, 0.1) is 24.6 Å². The smallest absolute Gasteiger partial charge is 0.254 e. The highest BCUT2D eigenvalue weighted by molar-refractivity contribution is 9.10. The van der Waals surface area contributed by atoms with Crippen molar-refractivity contribution in [3.63, 3.8) is 0 Å². The second kappa shape index (κ2) is 6.35. The third-order valence-corrected chi connectivity index (χ3v) is 3.28. The van der Waals surface area contributed by atoms with E-state index in [1.807, 2.05) is 24.3 Å². The van der Waals surface area contributed by atoms with Crippen molar-refractivity contribution in [2.24, 2.45) is 0 Å². The van der Waals surface area contributed by atoms with Crippen LogP contribution < -0.4 is 5.32 Å². The summed E-state index contributed by atoms with van der Waals surface area (Å²) < 4.78 is 2.55. The number of nitrogens with one attached hydrogen (secondary N) is 1. The average Bonchev–Trinajstić information content (AvgIpc) is 2.88. The van der Waals surface area contributed by atoms with Crippen molar-refractivity contribution < 1.29 is 4.79 Å². The average molecular weight is 333 g/mol. The number of rotatable bonds is 4. The standard InChI is InChI=1S/C14H13BrN4O/c1-17-14(20)12-9-19(7-3-6-16)18-13(12)10-4-2-5-11(15)8-10/h2,4-5,8-9H,3,7H2,1H3,(H,17,20). The van der Waals surface area contributed by atoms with Gasteiger partial charge in [-0.05, 0) is 12.1 Å². The first kappa shape index (κ1) is 14.3. The van der Waals surface area contributed by atoms with Gasteiger partial charge in [-0.2, -0.15) is 10.4 Å². The number of aromatic nitrogens is 2. The Kier molecular flexibility index (Phi) is 4.53. The fraction of sp³-hybridized carbons (Fsp3) is 0.214. The summed E-state index contributed by atoms with van der Waals surface area (Å²) in [7, 11) is 1.58. The molecule has 20 heavy (non-hydrogen) atoms. The highest BCUT2D eigenvalue weighted by atomic mass is 79.9. The molecule has 1 amide bonds. The lowest BCUT2D eigenvalue weighted by Gasteiger charge is -2.01. The van der Waals surface area contributed by atoms with Gasteiger partial charge >= 0.3 is 0 Å². The second-order valence-electron chi connectivity index (χ2n) is 4.15. The number of aryl methyl sites for hydroxylation is 1. The van der Waals surface area contributed by atoms with Gasteiger partial charge in [0.15, 0.2) is 0 Å². The van der Waals surface area contributed by atoms with E-state index in [1.165, 1.54) is 0 Å². The molecule has 2 aromatic rings. The number of nitrogens with zero attached hydrogens (tertiary/aromatic N) is 3. The third-order valence-electron chi connectivity index (χ3n) is 2.78. The number of amides is 1. The van der Waals surface area contributed by atoms with Crippen LogP contribution in [0.25, 0.3) is 11.3 Å². The van der Waals surface area contributed by atoms with E-state index in [2.05, 4.69) is 32.4 Å². The van der Waals surface area contributed by atoms with E-state index in [1.54, 1.807) is 17.9 Å². The fourth-order valence-electron chi connectivity index (χ4n) is 1.85. The molecule has 0 aliphatic rings. The molecule has 0 aliphatic carbocycles. The molecule has 0 fully saturated rings. The predicted octanol–water partition coefficient (Wildman–Crippen LogP) is 2.59. The molecule has 0 saturated heterocycles. The van der Waals surface area contributed by atoms with Gasteiger partial charge in [-0.1, -0.05) is 28.1 Å². The Morgan fingerprint density at radius 1 is 1.55 bits per heavy atom. The predicted molar refractivity (Wildman–Crippen MR) is 79.0 cm³/mol. The largest absolute Gasteiger partial charge is 0.355 e. The highest BCUT2D eigenvalue weighted by Crippen LogP contribution is 2.25. The lowest BCUT2D eigenvalue weighted by molar-refractivity contribution is 0.0963. The van der Waals surface area contributed by atoms with Crippen LogP contribution in [0.5, 0.6) is 0 Å². The molecule has 2 rings (SSSR count). The summed E-state index contributed by atoms with van der Waals surface area (Å²) in [5.74, 6) is -0.191. The minimum Gasteiger partial charge on any atom is -0.355 e. The summed E-state index contributed by atoms with van der Waals surface area (Å²) in [4.78, 5) is 11.9. The molecule has 1 aromatic carbocycles. The van der Waals surface area contributed by atoms with Crippen LogP contribution in [0, 0.1) is 11.3 Å². The van der Waals surface area contributed by atoms with Crippen LogP contribution in [-0.4, -0.2) is 22.7 Å². The van der Waals surface area contributed by atoms with E-state index in [9.17, 15) is 4.79 Å². The molecule has 6 heteroatoms. The zero-order chi connectivity index (χ0) is 14.5. The molecule has 0 unspecified atom stereocenters. The van der Waals surface area contributed by atoms with Crippen molar-refractivity contribution in [2.75, 3.05) is 7.05 Å². The summed E-state index contributed by atoms with van der Waals surface area (Å²) in [5.41, 5.74) is 1.97. The Hall–Kier alpha value is -2.13. The highest BCUT2D eigenvalue weighted by Gasteiger charge is 2.17. The van der Waals surface area contributed by atoms with Gasteiger partial charge in [0, 0.05) is 23.3 Å². The number of hydrogen-bond donors (Lipinski definition) is 1. The normalized spacial score (nSPS) is 10.1. The maximum atomic E-state index is 11.9. The van der Waals surface area contributed by atoms with Crippen molar-refractivity contribution in [1.29, 1.82) is 5.26 Å². The van der Waals surface area contributed by atoms with E-state index in [0.717, 1.165) is 10.0 Å². The summed E-state index contributed by atoms with van der Waals surface area (Å²) in [6, 6.07) is 9.67. The molecule has 5 nitrogen and oxygen atoms in total. The van der Waals surface area contributed by atoms with Gasteiger partial charge in [0.1, 0.15) is 5.69 Å². The van der Waals surface area contributed by atoms with Crippen molar-refractivity contribution in [1.82, 2.24) is 15.1 Å². The molecule has 0 saturated carbocycles. The third kappa shape index (κ3) is 3.06. The maximum absolute atomic E-state index is 11.9. The minimum atomic E-state index is -0.191. The molecule has 1 aromatic heterocycles. The molecule has 0 aliphatic heterocycles. The van der Waals surface area contributed by atoms with Crippen LogP contribution in [-0.2, 0) is 6.54 Å². The summed E-state index contributed by atoms with van der Waals surface area (Å²) in [6.07, 6.45) is 2.03. The van der Waals surface area contributed by atoms with Crippen LogP contribution in [0.1, 0.15) is 16.8 Å². The molecular weight excluding hydrogens is 320 g/mol. The Balaban J connectivity index is 2.47. The van der Waals surface area contributed by atoms with Gasteiger partial charge in [0.2, 0.25) is 0 Å². The Morgan fingerprint density at radius 3 is 3.00 bits per heavy atom. The topological polar surface area (TPSA) is 70.7 Å². The van der Waals surface area contributed by atoms with Crippen LogP contribution in [0.15, 0.2) is 34.9 Å². The molecule has 0 radical (unpaired) electrons. The molecular formula is C14H13BrN4O. The van der Waals surface area contributed by atoms with E-state index in [0.29, 0.717) is 24.2 Å². The van der Waals surface area contributed by atoms with Crippen molar-refractivity contribution in [3.05, 3.63) is 40.5 Å². The molecule has 0 atom stereocenters. The first-order valence-corrected chi connectivity index (χ1v) is 6.87. The van der Waals surface area contributed by atoms with Crippen molar-refractivity contribution >= 4 is 21.8 Å². The molecule has 1 N–H and O–H groups in total. The van der Waals surface area contributed by atoms with E-state index in [-0.39, 0.29) is 5.91 Å². The van der Waals surface area contributed by atoms with Crippen molar-refractivity contribution in [3.8, 4) is 17.3 Å². The lowest BCUT2D eigenvalue weighted by Crippen LogP contribution is -2.18. The first-order chi connectivity index (χ1) is 9.65. The summed E-state index contributed by atoms with van der Waals surface area (Å²) in [6.45, 7) is 0.467. The Labute approximate surface area is 125 Å². The van der Waals surface area contributed by atoms with Crippen LogP contribution >= 0.6 is 15.9 Å². The molecule has 1 heterocycles. The van der Waals surface area contributed by atoms with Crippen LogP contribution in [0.4, 0.5) is 0 Å². The minimum absolute atomic E-state index is 0.191. The molecule has 102 valence electrons. The summed E-state index contributed by atoms with van der Waals surface area (Å²) >= 11 is 3.41. The SMILES string of the molecule is CNC(=O)c1cn(CCC#N)nc1-c1cccc(Br)c1. The van der Waals surface area contributed by atoms with Crippen LogP contribution in [0.2, 0.25) is 0 Å². The number of nitriles is 1. The number of carbonyl (C=O) groups excluding carboxylic acids is 1. The molecule has 0 spiro atoms. The van der Waals surface area contributed by atoms with E-state index in [4.69, 9.17) is 5.26 Å². The van der Waals surface area contributed by atoms with Gasteiger partial charge in [-0.3, -0.25) is 9.48 Å². The maximum Gasteiger partial charge on any atom is 0.254 e. The zero-order valence-corrected chi connectivity index (χ0v) is 12.5. The number of hydrogen-bond acceptors (Lipinski definition) is 3.